The molecule has 1 aliphatic heterocycles. The maximum Gasteiger partial charge on any atom is 0.123 e. The van der Waals surface area contributed by atoms with Crippen molar-refractivity contribution >= 4 is 28.2 Å². The summed E-state index contributed by atoms with van der Waals surface area (Å²) in [6, 6.07) is 10.4. The summed E-state index contributed by atoms with van der Waals surface area (Å²) in [6.45, 7) is 2.32. The van der Waals surface area contributed by atoms with Gasteiger partial charge in [-0.25, -0.2) is 4.39 Å². The minimum atomic E-state index is -0.242. The molecule has 0 spiro atoms. The number of nitrogens with zero attached hydrogens (tertiary/aromatic N) is 2. The van der Waals surface area contributed by atoms with Crippen LogP contribution < -0.4 is 10.3 Å². The molecule has 1 aromatic carbocycles. The van der Waals surface area contributed by atoms with Crippen molar-refractivity contribution in [2.75, 3.05) is 23.4 Å². The quantitative estimate of drug-likeness (QED) is 0.672. The number of hydrazone groups is 1. The highest BCUT2D eigenvalue weighted by Gasteiger charge is 2.12. The Kier molecular flexibility index (Phi) is 4.50. The number of halogens is 1. The van der Waals surface area contributed by atoms with E-state index in [1.165, 1.54) is 36.4 Å². The first kappa shape index (κ1) is 14.1. The monoisotopic (exact) mass is 303 g/mol. The second-order valence-electron chi connectivity index (χ2n) is 5.10. The summed E-state index contributed by atoms with van der Waals surface area (Å²) >= 11 is 1.75. The van der Waals surface area contributed by atoms with E-state index >= 15 is 0 Å². The Balaban J connectivity index is 1.58. The highest BCUT2D eigenvalue weighted by Crippen LogP contribution is 2.27. The average Bonchev–Trinajstić information content (AvgIpc) is 2.99. The van der Waals surface area contributed by atoms with E-state index < -0.39 is 0 Å². The second-order valence-corrected chi connectivity index (χ2v) is 6.19. The predicted octanol–water partition coefficient (Wildman–Crippen LogP) is 4.32. The van der Waals surface area contributed by atoms with E-state index in [1.54, 1.807) is 23.5 Å². The van der Waals surface area contributed by atoms with E-state index in [4.69, 9.17) is 0 Å². The number of hydrogen-bond donors (Lipinski definition) is 1. The molecule has 2 aromatic rings. The van der Waals surface area contributed by atoms with Crippen LogP contribution in [0.5, 0.6) is 0 Å². The van der Waals surface area contributed by atoms with Gasteiger partial charge in [-0.2, -0.15) is 5.10 Å². The summed E-state index contributed by atoms with van der Waals surface area (Å²) in [5.41, 5.74) is 3.68. The van der Waals surface area contributed by atoms with E-state index in [-0.39, 0.29) is 5.82 Å². The number of rotatable bonds is 4. The number of thiophene rings is 1. The molecule has 3 rings (SSSR count). The van der Waals surface area contributed by atoms with Crippen molar-refractivity contribution in [1.82, 2.24) is 0 Å². The molecule has 1 saturated heterocycles. The Morgan fingerprint density at radius 2 is 1.81 bits per heavy atom. The first-order valence-corrected chi connectivity index (χ1v) is 8.02. The van der Waals surface area contributed by atoms with Crippen LogP contribution in [0.3, 0.4) is 0 Å². The van der Waals surface area contributed by atoms with E-state index in [9.17, 15) is 4.39 Å². The first-order valence-electron chi connectivity index (χ1n) is 7.21. The van der Waals surface area contributed by atoms with Crippen LogP contribution in [0.2, 0.25) is 0 Å². The minimum absolute atomic E-state index is 0.242. The lowest BCUT2D eigenvalue weighted by atomic mass is 10.1. The van der Waals surface area contributed by atoms with Crippen LogP contribution in [0.4, 0.5) is 15.1 Å². The SMILES string of the molecule is Fc1ccc(N/N=C\c2ccc(N3CCCCC3)s2)cc1. The van der Waals surface area contributed by atoms with Gasteiger partial charge in [0.2, 0.25) is 0 Å². The molecule has 1 aromatic heterocycles. The van der Waals surface area contributed by atoms with Crippen LogP contribution >= 0.6 is 11.3 Å². The van der Waals surface area contributed by atoms with Crippen LogP contribution in [0, 0.1) is 5.82 Å². The van der Waals surface area contributed by atoms with Gasteiger partial charge in [-0.1, -0.05) is 0 Å². The fraction of sp³-hybridized carbons (Fsp3) is 0.312. The summed E-state index contributed by atoms with van der Waals surface area (Å²) < 4.78 is 12.8. The van der Waals surface area contributed by atoms with Gasteiger partial charge in [-0.05, 0) is 55.7 Å². The molecule has 0 amide bonds. The molecular formula is C16H18FN3S. The molecule has 0 bridgehead atoms. The van der Waals surface area contributed by atoms with Gasteiger partial charge < -0.3 is 4.90 Å². The summed E-state index contributed by atoms with van der Waals surface area (Å²) in [5.74, 6) is -0.242. The molecule has 0 unspecified atom stereocenters. The van der Waals surface area contributed by atoms with E-state index in [1.807, 2.05) is 6.21 Å². The van der Waals surface area contributed by atoms with E-state index in [0.29, 0.717) is 0 Å². The van der Waals surface area contributed by atoms with Crippen LogP contribution in [0.15, 0.2) is 41.5 Å². The molecule has 2 heterocycles. The summed E-state index contributed by atoms with van der Waals surface area (Å²) in [4.78, 5) is 3.56. The summed E-state index contributed by atoms with van der Waals surface area (Å²) in [5, 5.41) is 5.51. The third-order valence-corrected chi connectivity index (χ3v) is 4.59. The Labute approximate surface area is 128 Å². The molecule has 1 N–H and O–H groups in total. The second kappa shape index (κ2) is 6.72. The topological polar surface area (TPSA) is 27.6 Å². The molecule has 0 atom stereocenters. The van der Waals surface area contributed by atoms with E-state index in [2.05, 4.69) is 27.6 Å². The van der Waals surface area contributed by atoms with Crippen molar-refractivity contribution in [3.05, 3.63) is 47.1 Å². The zero-order valence-corrected chi connectivity index (χ0v) is 12.6. The fourth-order valence-electron chi connectivity index (χ4n) is 2.39. The summed E-state index contributed by atoms with van der Waals surface area (Å²) in [7, 11) is 0. The van der Waals surface area contributed by atoms with Gasteiger partial charge in [0.1, 0.15) is 5.82 Å². The highest BCUT2D eigenvalue weighted by atomic mass is 32.1. The molecule has 5 heteroatoms. The molecule has 0 aliphatic carbocycles. The normalized spacial score (nSPS) is 15.6. The molecule has 3 nitrogen and oxygen atoms in total. The number of nitrogens with one attached hydrogen (secondary N) is 1. The van der Waals surface area contributed by atoms with Crippen LogP contribution in [-0.4, -0.2) is 19.3 Å². The highest BCUT2D eigenvalue weighted by molar-refractivity contribution is 7.17. The molecule has 21 heavy (non-hydrogen) atoms. The Bertz CT molecular complexity index is 600. The zero-order chi connectivity index (χ0) is 14.5. The van der Waals surface area contributed by atoms with Crippen molar-refractivity contribution in [2.24, 2.45) is 5.10 Å². The lowest BCUT2D eigenvalue weighted by molar-refractivity contribution is 0.580. The van der Waals surface area contributed by atoms with Crippen molar-refractivity contribution in [3.63, 3.8) is 0 Å². The Morgan fingerprint density at radius 1 is 1.05 bits per heavy atom. The van der Waals surface area contributed by atoms with Gasteiger partial charge in [0.25, 0.3) is 0 Å². The number of benzene rings is 1. The molecule has 1 aliphatic rings. The molecule has 110 valence electrons. The number of hydrogen-bond acceptors (Lipinski definition) is 4. The zero-order valence-electron chi connectivity index (χ0n) is 11.8. The van der Waals surface area contributed by atoms with Gasteiger partial charge in [0.15, 0.2) is 0 Å². The third kappa shape index (κ3) is 3.82. The van der Waals surface area contributed by atoms with Gasteiger partial charge in [0, 0.05) is 18.0 Å². The summed E-state index contributed by atoms with van der Waals surface area (Å²) in [6.07, 6.45) is 5.72. The van der Waals surface area contributed by atoms with E-state index in [0.717, 1.165) is 23.7 Å². The van der Waals surface area contributed by atoms with Crippen molar-refractivity contribution in [1.29, 1.82) is 0 Å². The largest absolute Gasteiger partial charge is 0.363 e. The minimum Gasteiger partial charge on any atom is -0.363 e. The average molecular weight is 303 g/mol. The van der Waals surface area contributed by atoms with Crippen LogP contribution in [-0.2, 0) is 0 Å². The van der Waals surface area contributed by atoms with Crippen molar-refractivity contribution in [3.8, 4) is 0 Å². The molecule has 1 fully saturated rings. The maximum atomic E-state index is 12.8. The smallest absolute Gasteiger partial charge is 0.123 e. The Morgan fingerprint density at radius 3 is 2.57 bits per heavy atom. The van der Waals surface area contributed by atoms with Crippen LogP contribution in [0.1, 0.15) is 24.1 Å². The number of anilines is 2. The maximum absolute atomic E-state index is 12.8. The van der Waals surface area contributed by atoms with Crippen LogP contribution in [0.25, 0.3) is 0 Å². The standard InChI is InChI=1S/C16H18FN3S/c17-13-4-6-14(7-5-13)19-18-12-15-8-9-16(21-15)20-10-2-1-3-11-20/h4-9,12,19H,1-3,10-11H2/b18-12-. The van der Waals surface area contributed by atoms with Gasteiger partial charge >= 0.3 is 0 Å². The van der Waals surface area contributed by atoms with Crippen molar-refractivity contribution in [2.45, 2.75) is 19.3 Å². The molecular weight excluding hydrogens is 285 g/mol. The lowest BCUT2D eigenvalue weighted by Crippen LogP contribution is -2.28. The lowest BCUT2D eigenvalue weighted by Gasteiger charge is -2.27. The number of piperidine rings is 1. The third-order valence-electron chi connectivity index (χ3n) is 3.51. The van der Waals surface area contributed by atoms with Gasteiger partial charge in [-0.3, -0.25) is 5.43 Å². The molecule has 0 radical (unpaired) electrons. The van der Waals surface area contributed by atoms with Gasteiger partial charge in [-0.15, -0.1) is 11.3 Å². The van der Waals surface area contributed by atoms with Crippen molar-refractivity contribution < 1.29 is 4.39 Å². The first-order chi connectivity index (χ1) is 10.3. The fourth-order valence-corrected chi connectivity index (χ4v) is 3.32. The van der Waals surface area contributed by atoms with Gasteiger partial charge in [0.05, 0.1) is 16.9 Å². The predicted molar refractivity (Wildman–Crippen MR) is 88.0 cm³/mol. The molecule has 0 saturated carbocycles. The Hall–Kier alpha value is -1.88.